The lowest BCUT2D eigenvalue weighted by Crippen LogP contribution is -2.43. The quantitative estimate of drug-likeness (QED) is 0.846. The van der Waals surface area contributed by atoms with Crippen molar-refractivity contribution in [3.05, 3.63) is 35.9 Å². The first-order valence-corrected chi connectivity index (χ1v) is 9.28. The first kappa shape index (κ1) is 16.5. The molecule has 0 saturated carbocycles. The highest BCUT2D eigenvalue weighted by Crippen LogP contribution is 2.27. The highest BCUT2D eigenvalue weighted by Gasteiger charge is 2.28. The van der Waals surface area contributed by atoms with E-state index in [-0.39, 0.29) is 17.1 Å². The van der Waals surface area contributed by atoms with Gasteiger partial charge in [0.1, 0.15) is 0 Å². The van der Waals surface area contributed by atoms with Gasteiger partial charge in [0.05, 0.1) is 5.75 Å². The molecule has 4 nitrogen and oxygen atoms in total. The van der Waals surface area contributed by atoms with Gasteiger partial charge in [-0.3, -0.25) is 0 Å². The fraction of sp³-hybridized carbons (Fsp3) is 0.625. The summed E-state index contributed by atoms with van der Waals surface area (Å²) in [6.07, 6.45) is 2.04. The largest absolute Gasteiger partial charge is 0.317 e. The van der Waals surface area contributed by atoms with E-state index in [0.29, 0.717) is 6.54 Å². The van der Waals surface area contributed by atoms with E-state index in [0.717, 1.165) is 31.5 Å². The molecule has 0 spiro atoms. The second kappa shape index (κ2) is 6.90. The van der Waals surface area contributed by atoms with Gasteiger partial charge in [-0.25, -0.2) is 13.1 Å². The van der Waals surface area contributed by atoms with E-state index in [1.165, 1.54) is 0 Å². The molecule has 1 aromatic carbocycles. The van der Waals surface area contributed by atoms with Gasteiger partial charge in [0.2, 0.25) is 10.0 Å². The third-order valence-corrected chi connectivity index (χ3v) is 5.89. The average molecular weight is 310 g/mol. The predicted molar refractivity (Wildman–Crippen MR) is 86.9 cm³/mol. The van der Waals surface area contributed by atoms with Crippen molar-refractivity contribution < 1.29 is 8.42 Å². The predicted octanol–water partition coefficient (Wildman–Crippen LogP) is 2.10. The molecule has 21 heavy (non-hydrogen) atoms. The molecule has 2 N–H and O–H groups in total. The molecule has 1 aliphatic heterocycles. The Morgan fingerprint density at radius 2 is 1.86 bits per heavy atom. The molecule has 1 saturated heterocycles. The monoisotopic (exact) mass is 310 g/mol. The summed E-state index contributed by atoms with van der Waals surface area (Å²) in [7, 11) is -3.24. The van der Waals surface area contributed by atoms with Crippen LogP contribution in [0.3, 0.4) is 0 Å². The van der Waals surface area contributed by atoms with Crippen LogP contribution in [-0.2, 0) is 10.0 Å². The SMILES string of the molecule is CC(CS(=O)(=O)NCC1(C)CCNCC1)c1ccccc1. The van der Waals surface area contributed by atoms with E-state index in [4.69, 9.17) is 0 Å². The fourth-order valence-corrected chi connectivity index (χ4v) is 4.29. The molecule has 2 rings (SSSR count). The zero-order valence-electron chi connectivity index (χ0n) is 12.9. The van der Waals surface area contributed by atoms with Crippen LogP contribution in [0.25, 0.3) is 0 Å². The summed E-state index contributed by atoms with van der Waals surface area (Å²) in [6, 6.07) is 9.80. The summed E-state index contributed by atoms with van der Waals surface area (Å²) < 4.78 is 27.4. The van der Waals surface area contributed by atoms with E-state index in [1.54, 1.807) is 0 Å². The molecule has 0 radical (unpaired) electrons. The Bertz CT molecular complexity index is 537. The van der Waals surface area contributed by atoms with Crippen molar-refractivity contribution in [1.82, 2.24) is 10.0 Å². The van der Waals surface area contributed by atoms with Crippen molar-refractivity contribution in [3.8, 4) is 0 Å². The maximum atomic E-state index is 12.3. The van der Waals surface area contributed by atoms with Crippen LogP contribution in [-0.4, -0.2) is 33.8 Å². The van der Waals surface area contributed by atoms with Crippen LogP contribution in [0, 0.1) is 5.41 Å². The van der Waals surface area contributed by atoms with Gasteiger partial charge >= 0.3 is 0 Å². The molecule has 0 aliphatic carbocycles. The molecule has 1 unspecified atom stereocenters. The van der Waals surface area contributed by atoms with Gasteiger partial charge < -0.3 is 5.32 Å². The molecule has 1 atom stereocenters. The van der Waals surface area contributed by atoms with Gasteiger partial charge in [-0.1, -0.05) is 44.2 Å². The Labute approximate surface area is 128 Å². The molecule has 118 valence electrons. The van der Waals surface area contributed by atoms with Gasteiger partial charge in [0.15, 0.2) is 0 Å². The molecule has 0 aromatic heterocycles. The maximum Gasteiger partial charge on any atom is 0.212 e. The van der Waals surface area contributed by atoms with E-state index in [9.17, 15) is 8.42 Å². The van der Waals surface area contributed by atoms with Crippen molar-refractivity contribution in [3.63, 3.8) is 0 Å². The Morgan fingerprint density at radius 1 is 1.24 bits per heavy atom. The third-order valence-electron chi connectivity index (χ3n) is 4.37. The van der Waals surface area contributed by atoms with E-state index in [2.05, 4.69) is 17.0 Å². The number of piperidine rings is 1. The van der Waals surface area contributed by atoms with Gasteiger partial charge in [-0.2, -0.15) is 0 Å². The number of benzene rings is 1. The zero-order chi connectivity index (χ0) is 15.3. The van der Waals surface area contributed by atoms with E-state index < -0.39 is 10.0 Å². The van der Waals surface area contributed by atoms with Crippen molar-refractivity contribution in [2.24, 2.45) is 5.41 Å². The van der Waals surface area contributed by atoms with Crippen LogP contribution in [0.1, 0.15) is 38.2 Å². The standard InChI is InChI=1S/C16H26N2O2S/c1-14(15-6-4-3-5-7-15)12-21(19,20)18-13-16(2)8-10-17-11-9-16/h3-7,14,17-18H,8-13H2,1-2H3. The second-order valence-corrected chi connectivity index (χ2v) is 8.33. The van der Waals surface area contributed by atoms with Crippen LogP contribution >= 0.6 is 0 Å². The highest BCUT2D eigenvalue weighted by atomic mass is 32.2. The summed E-state index contributed by atoms with van der Waals surface area (Å²) in [5.41, 5.74) is 1.14. The summed E-state index contributed by atoms with van der Waals surface area (Å²) in [5.74, 6) is 0.148. The van der Waals surface area contributed by atoms with Gasteiger partial charge in [-0.05, 0) is 42.8 Å². The Balaban J connectivity index is 1.90. The van der Waals surface area contributed by atoms with Crippen LogP contribution in [0.15, 0.2) is 30.3 Å². The lowest BCUT2D eigenvalue weighted by molar-refractivity contribution is 0.232. The summed E-state index contributed by atoms with van der Waals surface area (Å²) in [4.78, 5) is 0. The average Bonchev–Trinajstić information content (AvgIpc) is 2.47. The van der Waals surface area contributed by atoms with Crippen LogP contribution in [0.5, 0.6) is 0 Å². The highest BCUT2D eigenvalue weighted by molar-refractivity contribution is 7.89. The van der Waals surface area contributed by atoms with Gasteiger partial charge in [0, 0.05) is 6.54 Å². The Hall–Kier alpha value is -0.910. The minimum atomic E-state index is -3.24. The number of hydrogen-bond acceptors (Lipinski definition) is 3. The molecule has 1 heterocycles. The number of hydrogen-bond donors (Lipinski definition) is 2. The summed E-state index contributed by atoms with van der Waals surface area (Å²) in [6.45, 7) is 6.60. The molecule has 5 heteroatoms. The second-order valence-electron chi connectivity index (χ2n) is 6.47. The molecule has 0 bridgehead atoms. The first-order chi connectivity index (χ1) is 9.90. The summed E-state index contributed by atoms with van der Waals surface area (Å²) >= 11 is 0. The zero-order valence-corrected chi connectivity index (χ0v) is 13.7. The van der Waals surface area contributed by atoms with Gasteiger partial charge in [0.25, 0.3) is 0 Å². The smallest absolute Gasteiger partial charge is 0.212 e. The lowest BCUT2D eigenvalue weighted by Gasteiger charge is -2.34. The van der Waals surface area contributed by atoms with Crippen molar-refractivity contribution in [2.75, 3.05) is 25.4 Å². The van der Waals surface area contributed by atoms with Crippen molar-refractivity contribution in [1.29, 1.82) is 0 Å². The van der Waals surface area contributed by atoms with E-state index in [1.807, 2.05) is 37.3 Å². The lowest BCUT2D eigenvalue weighted by atomic mass is 9.81. The molecule has 1 fully saturated rings. The number of sulfonamides is 1. The van der Waals surface area contributed by atoms with Crippen molar-refractivity contribution >= 4 is 10.0 Å². The maximum absolute atomic E-state index is 12.3. The van der Waals surface area contributed by atoms with Crippen LogP contribution < -0.4 is 10.0 Å². The number of nitrogens with one attached hydrogen (secondary N) is 2. The molecule has 1 aromatic rings. The molecule has 1 aliphatic rings. The van der Waals surface area contributed by atoms with Gasteiger partial charge in [-0.15, -0.1) is 0 Å². The third kappa shape index (κ3) is 5.09. The minimum absolute atomic E-state index is 0.00419. The fourth-order valence-electron chi connectivity index (χ4n) is 2.76. The molecular formula is C16H26N2O2S. The normalized spacial score (nSPS) is 20.1. The van der Waals surface area contributed by atoms with Crippen LogP contribution in [0.2, 0.25) is 0 Å². The molecular weight excluding hydrogens is 284 g/mol. The minimum Gasteiger partial charge on any atom is -0.317 e. The Morgan fingerprint density at radius 3 is 2.48 bits per heavy atom. The summed E-state index contributed by atoms with van der Waals surface area (Å²) in [5, 5.41) is 3.31. The van der Waals surface area contributed by atoms with Crippen molar-refractivity contribution in [2.45, 2.75) is 32.6 Å². The molecule has 0 amide bonds. The number of rotatable bonds is 6. The van der Waals surface area contributed by atoms with Crippen LogP contribution in [0.4, 0.5) is 0 Å². The topological polar surface area (TPSA) is 58.2 Å². The van der Waals surface area contributed by atoms with E-state index >= 15 is 0 Å². The Kier molecular flexibility index (Phi) is 5.41. The first-order valence-electron chi connectivity index (χ1n) is 7.63.